The third kappa shape index (κ3) is 3.85. The fourth-order valence-electron chi connectivity index (χ4n) is 5.09. The summed E-state index contributed by atoms with van der Waals surface area (Å²) >= 11 is 1.91. The summed E-state index contributed by atoms with van der Waals surface area (Å²) < 4.78 is 5.13. The monoisotopic (exact) mass is 652 g/mol. The van der Waals surface area contributed by atoms with Gasteiger partial charge >= 0.3 is 0 Å². The molecule has 4 heteroatoms. The van der Waals surface area contributed by atoms with E-state index in [1.165, 1.54) is 37.0 Å². The zero-order valence-corrected chi connectivity index (χ0v) is 23.5. The summed E-state index contributed by atoms with van der Waals surface area (Å²) in [6.07, 6.45) is 0. The summed E-state index contributed by atoms with van der Waals surface area (Å²) in [7, 11) is 0. The number of hydrogen-bond donors (Lipinski definition) is 0. The van der Waals surface area contributed by atoms with Gasteiger partial charge in [0.1, 0.15) is 0 Å². The molecule has 0 N–H and O–H groups in total. The molecule has 0 bridgehead atoms. The van der Waals surface area contributed by atoms with Crippen LogP contribution < -0.4 is 0 Å². The first-order valence-electron chi connectivity index (χ1n) is 12.0. The molecule has 0 fully saturated rings. The molecule has 1 radical (unpaired) electrons. The van der Waals surface area contributed by atoms with Crippen molar-refractivity contribution in [3.8, 4) is 17.1 Å². The summed E-state index contributed by atoms with van der Waals surface area (Å²) in [6.45, 7) is 9.24. The van der Waals surface area contributed by atoms with E-state index in [1.807, 2.05) is 23.5 Å². The van der Waals surface area contributed by atoms with Crippen molar-refractivity contribution in [1.82, 2.24) is 9.55 Å². The molecular weight excluding hydrogens is 625 g/mol. The number of benzene rings is 4. The Balaban J connectivity index is 0.00000253. The van der Waals surface area contributed by atoms with Crippen LogP contribution in [0, 0.1) is 6.07 Å². The summed E-state index contributed by atoms with van der Waals surface area (Å²) in [5.41, 5.74) is 7.21. The molecule has 2 heterocycles. The first-order chi connectivity index (χ1) is 16.5. The molecule has 0 saturated heterocycles. The predicted octanol–water partition coefficient (Wildman–Crippen LogP) is 9.10. The first kappa shape index (κ1) is 23.9. The minimum absolute atomic E-state index is 0. The summed E-state index contributed by atoms with van der Waals surface area (Å²) in [4.78, 5) is 5.12. The zero-order chi connectivity index (χ0) is 23.4. The maximum atomic E-state index is 5.12. The molecule has 177 valence electrons. The van der Waals surface area contributed by atoms with Gasteiger partial charge in [0, 0.05) is 46.0 Å². The third-order valence-corrected chi connectivity index (χ3v) is 7.86. The Kier molecular flexibility index (Phi) is 6.39. The number of para-hydroxylation sites is 2. The van der Waals surface area contributed by atoms with Crippen molar-refractivity contribution in [2.24, 2.45) is 0 Å². The number of imidazole rings is 1. The molecule has 0 unspecified atom stereocenters. The maximum absolute atomic E-state index is 5.12. The minimum atomic E-state index is 0. The van der Waals surface area contributed by atoms with Crippen molar-refractivity contribution < 1.29 is 20.1 Å². The van der Waals surface area contributed by atoms with Gasteiger partial charge in [-0.3, -0.25) is 4.98 Å². The van der Waals surface area contributed by atoms with Crippen LogP contribution in [0.25, 0.3) is 48.3 Å². The maximum Gasteiger partial charge on any atom is 0.0774 e. The molecule has 6 aromatic rings. The topological polar surface area (TPSA) is 17.8 Å². The van der Waals surface area contributed by atoms with Crippen molar-refractivity contribution >= 4 is 42.5 Å². The Morgan fingerprint density at radius 3 is 2.31 bits per heavy atom. The molecule has 0 aliphatic rings. The third-order valence-electron chi connectivity index (χ3n) is 6.64. The van der Waals surface area contributed by atoms with Crippen LogP contribution in [-0.4, -0.2) is 9.55 Å². The summed E-state index contributed by atoms with van der Waals surface area (Å²) in [5.74, 6) is 1.67. The SMILES string of the molecule is CC(C)c1cc2c(sc3ccccc32)c(C(C)C)c1-n1c(-c2[c-]cccc2)nc2ccccc21.[Ir]. The van der Waals surface area contributed by atoms with E-state index in [4.69, 9.17) is 4.98 Å². The number of rotatable bonds is 4. The number of hydrogen-bond acceptors (Lipinski definition) is 2. The summed E-state index contributed by atoms with van der Waals surface area (Å²) in [6, 6.07) is 31.3. The van der Waals surface area contributed by atoms with Crippen molar-refractivity contribution in [3.05, 3.63) is 96.1 Å². The van der Waals surface area contributed by atoms with Gasteiger partial charge in [0.2, 0.25) is 0 Å². The Labute approximate surface area is 224 Å². The van der Waals surface area contributed by atoms with Crippen molar-refractivity contribution in [2.45, 2.75) is 39.5 Å². The van der Waals surface area contributed by atoms with E-state index in [9.17, 15) is 0 Å². The molecule has 0 aliphatic carbocycles. The Morgan fingerprint density at radius 1 is 0.829 bits per heavy atom. The number of thiophene rings is 1. The number of nitrogens with zero attached hydrogens (tertiary/aromatic N) is 2. The van der Waals surface area contributed by atoms with Crippen LogP contribution in [0.5, 0.6) is 0 Å². The normalized spacial score (nSPS) is 11.7. The van der Waals surface area contributed by atoms with Crippen molar-refractivity contribution in [2.75, 3.05) is 0 Å². The molecule has 0 amide bonds. The number of fused-ring (bicyclic) bond motifs is 4. The largest absolute Gasteiger partial charge is 0.333 e. The van der Waals surface area contributed by atoms with Gasteiger partial charge in [-0.15, -0.1) is 47.2 Å². The Hall–Kier alpha value is -2.78. The van der Waals surface area contributed by atoms with Gasteiger partial charge in [-0.1, -0.05) is 58.0 Å². The van der Waals surface area contributed by atoms with E-state index in [2.05, 4.69) is 105 Å². The van der Waals surface area contributed by atoms with Gasteiger partial charge in [0.05, 0.1) is 16.9 Å². The number of aromatic nitrogens is 2. The van der Waals surface area contributed by atoms with Crippen LogP contribution in [0.4, 0.5) is 0 Å². The molecule has 0 aliphatic heterocycles. The fraction of sp³-hybridized carbons (Fsp3) is 0.194. The smallest absolute Gasteiger partial charge is 0.0774 e. The van der Waals surface area contributed by atoms with Crippen LogP contribution in [-0.2, 0) is 20.1 Å². The molecule has 6 rings (SSSR count). The average molecular weight is 652 g/mol. The fourth-order valence-corrected chi connectivity index (χ4v) is 6.46. The minimum Gasteiger partial charge on any atom is -0.333 e. The van der Waals surface area contributed by atoms with Crippen LogP contribution in [0.2, 0.25) is 0 Å². The van der Waals surface area contributed by atoms with Gasteiger partial charge in [-0.25, -0.2) is 0 Å². The van der Waals surface area contributed by atoms with Gasteiger partial charge in [-0.2, -0.15) is 0 Å². The second-order valence-electron chi connectivity index (χ2n) is 9.55. The second-order valence-corrected chi connectivity index (χ2v) is 10.6. The van der Waals surface area contributed by atoms with Crippen molar-refractivity contribution in [3.63, 3.8) is 0 Å². The van der Waals surface area contributed by atoms with Crippen LogP contribution >= 0.6 is 11.3 Å². The van der Waals surface area contributed by atoms with E-state index in [1.54, 1.807) is 0 Å². The average Bonchev–Trinajstić information content (AvgIpc) is 3.41. The van der Waals surface area contributed by atoms with Crippen molar-refractivity contribution in [1.29, 1.82) is 0 Å². The van der Waals surface area contributed by atoms with E-state index in [0.29, 0.717) is 11.8 Å². The second kappa shape index (κ2) is 9.35. The Bertz CT molecular complexity index is 1660. The zero-order valence-electron chi connectivity index (χ0n) is 20.3. The quantitative estimate of drug-likeness (QED) is 0.174. The van der Waals surface area contributed by atoms with Gasteiger partial charge in [0.25, 0.3) is 0 Å². The molecule has 0 saturated carbocycles. The van der Waals surface area contributed by atoms with Gasteiger partial charge in [0.15, 0.2) is 0 Å². The van der Waals surface area contributed by atoms with Gasteiger partial charge in [-0.05, 0) is 47.2 Å². The standard InChI is InChI=1S/C31H27N2S.Ir/c1-19(2)23-18-24-22-14-8-11-17-27(22)34-30(24)28(20(3)4)29(23)33-26-16-10-9-15-25(26)32-31(33)21-12-6-5-7-13-21;/h5-12,14-20H,1-4H3;/q-1;. The van der Waals surface area contributed by atoms with E-state index >= 15 is 0 Å². The van der Waals surface area contributed by atoms with E-state index in [-0.39, 0.29) is 20.1 Å². The predicted molar refractivity (Wildman–Crippen MR) is 146 cm³/mol. The van der Waals surface area contributed by atoms with E-state index in [0.717, 1.165) is 22.4 Å². The molecule has 0 atom stereocenters. The van der Waals surface area contributed by atoms with Crippen LogP contribution in [0.1, 0.15) is 50.7 Å². The molecular formula is C31H27IrN2S-. The van der Waals surface area contributed by atoms with Crippen LogP contribution in [0.15, 0.2) is 78.9 Å². The molecule has 0 spiro atoms. The van der Waals surface area contributed by atoms with Crippen LogP contribution in [0.3, 0.4) is 0 Å². The summed E-state index contributed by atoms with van der Waals surface area (Å²) in [5, 5.41) is 2.72. The van der Waals surface area contributed by atoms with E-state index < -0.39 is 0 Å². The Morgan fingerprint density at radius 2 is 1.57 bits per heavy atom. The first-order valence-corrected chi connectivity index (χ1v) is 12.8. The molecule has 35 heavy (non-hydrogen) atoms. The molecule has 4 aromatic carbocycles. The van der Waals surface area contributed by atoms with Gasteiger partial charge < -0.3 is 4.57 Å². The molecule has 2 aromatic heterocycles. The molecule has 2 nitrogen and oxygen atoms in total.